The van der Waals surface area contributed by atoms with Crippen LogP contribution in [-0.2, 0) is 16.4 Å². The van der Waals surface area contributed by atoms with E-state index in [1.54, 1.807) is 23.1 Å². The van der Waals surface area contributed by atoms with Gasteiger partial charge in [-0.2, -0.15) is 0 Å². The Morgan fingerprint density at radius 2 is 1.72 bits per heavy atom. The van der Waals surface area contributed by atoms with Crippen molar-refractivity contribution in [1.82, 2.24) is 9.62 Å². The molecule has 1 saturated heterocycles. The summed E-state index contributed by atoms with van der Waals surface area (Å²) in [5.41, 5.74) is 2.18. The van der Waals surface area contributed by atoms with Gasteiger partial charge in [0.1, 0.15) is 5.82 Å². The summed E-state index contributed by atoms with van der Waals surface area (Å²) in [4.78, 5) is 26.3. The molecule has 1 aliphatic heterocycles. The number of carbonyl (C=O) groups is 2. The summed E-state index contributed by atoms with van der Waals surface area (Å²) < 4.78 is 40.5. The smallest absolute Gasteiger partial charge is 0.253 e. The molecule has 1 N–H and O–H groups in total. The molecule has 0 atom stereocenters. The number of amides is 1. The number of halogens is 1. The number of hydrogen-bond acceptors (Lipinski definition) is 4. The molecule has 2 aromatic rings. The Hall–Kier alpha value is -2.58. The summed E-state index contributed by atoms with van der Waals surface area (Å²) in [7, 11) is -3.73. The van der Waals surface area contributed by atoms with Crippen molar-refractivity contribution in [3.8, 4) is 0 Å². The highest BCUT2D eigenvalue weighted by atomic mass is 32.2. The highest BCUT2D eigenvalue weighted by Crippen LogP contribution is 2.24. The predicted octanol–water partition coefficient (Wildman–Crippen LogP) is 2.54. The van der Waals surface area contributed by atoms with E-state index in [4.69, 9.17) is 0 Å². The molecular weight excluding hydrogens is 395 g/mol. The van der Waals surface area contributed by atoms with Gasteiger partial charge in [0.25, 0.3) is 5.91 Å². The van der Waals surface area contributed by atoms with Crippen molar-refractivity contribution < 1.29 is 22.4 Å². The number of nitrogens with one attached hydrogen (secondary N) is 1. The van der Waals surface area contributed by atoms with E-state index < -0.39 is 15.8 Å². The topological polar surface area (TPSA) is 83.6 Å². The summed E-state index contributed by atoms with van der Waals surface area (Å²) in [5.74, 6) is -0.480. The third kappa shape index (κ3) is 4.09. The summed E-state index contributed by atoms with van der Waals surface area (Å²) in [6, 6.07) is 9.61. The Morgan fingerprint density at radius 1 is 1.03 bits per heavy atom. The molecule has 1 fully saturated rings. The lowest BCUT2D eigenvalue weighted by atomic mass is 10.0. The average Bonchev–Trinajstić information content (AvgIpc) is 3.08. The molecule has 8 heteroatoms. The Labute approximate surface area is 168 Å². The lowest BCUT2D eigenvalue weighted by Gasteiger charge is -2.32. The highest BCUT2D eigenvalue weighted by molar-refractivity contribution is 7.89. The molecule has 2 aromatic carbocycles. The van der Waals surface area contributed by atoms with Crippen molar-refractivity contribution in [2.24, 2.45) is 0 Å². The maximum absolute atomic E-state index is 13.0. The maximum atomic E-state index is 13.0. The third-order valence-corrected chi connectivity index (χ3v) is 7.04. The minimum atomic E-state index is -3.73. The first-order valence-electron chi connectivity index (χ1n) is 9.57. The number of hydrogen-bond donors (Lipinski definition) is 1. The van der Waals surface area contributed by atoms with Crippen molar-refractivity contribution in [3.63, 3.8) is 0 Å². The van der Waals surface area contributed by atoms with Crippen LogP contribution in [0.4, 0.5) is 4.39 Å². The second-order valence-corrected chi connectivity index (χ2v) is 9.15. The van der Waals surface area contributed by atoms with Gasteiger partial charge < -0.3 is 4.90 Å². The quantitative estimate of drug-likeness (QED) is 0.830. The number of likely N-dealkylation sites (tertiary alicyclic amines) is 1. The van der Waals surface area contributed by atoms with Crippen molar-refractivity contribution >= 4 is 21.7 Å². The minimum Gasteiger partial charge on any atom is -0.339 e. The summed E-state index contributed by atoms with van der Waals surface area (Å²) in [6.07, 6.45) is 2.15. The second-order valence-electron chi connectivity index (χ2n) is 7.44. The van der Waals surface area contributed by atoms with Gasteiger partial charge >= 0.3 is 0 Å². The number of benzene rings is 2. The van der Waals surface area contributed by atoms with Gasteiger partial charge in [-0.3, -0.25) is 9.59 Å². The van der Waals surface area contributed by atoms with Crippen LogP contribution in [0.1, 0.15) is 45.5 Å². The van der Waals surface area contributed by atoms with Gasteiger partial charge in [-0.1, -0.05) is 6.07 Å². The van der Waals surface area contributed by atoms with Crippen LogP contribution in [0.3, 0.4) is 0 Å². The molecule has 1 heterocycles. The first-order chi connectivity index (χ1) is 13.8. The Balaban J connectivity index is 1.37. The number of carbonyl (C=O) groups excluding carboxylic acids is 2. The van der Waals surface area contributed by atoms with Crippen molar-refractivity contribution in [3.05, 3.63) is 65.0 Å². The number of fused-ring (bicyclic) bond motifs is 1. The lowest BCUT2D eigenvalue weighted by Crippen LogP contribution is -2.46. The number of Topliss-reactive ketones (excluding diaryl/α,β-unsaturated/α-hetero) is 1. The normalized spacial score (nSPS) is 17.4. The molecule has 0 aromatic heterocycles. The fourth-order valence-electron chi connectivity index (χ4n) is 3.87. The molecule has 1 amide bonds. The van der Waals surface area contributed by atoms with Crippen LogP contribution in [-0.4, -0.2) is 44.1 Å². The molecule has 6 nitrogen and oxygen atoms in total. The zero-order chi connectivity index (χ0) is 20.6. The number of piperidine rings is 1. The van der Waals surface area contributed by atoms with E-state index in [9.17, 15) is 22.4 Å². The van der Waals surface area contributed by atoms with E-state index in [1.165, 1.54) is 12.1 Å². The summed E-state index contributed by atoms with van der Waals surface area (Å²) in [5, 5.41) is 0. The molecule has 4 rings (SSSR count). The zero-order valence-corrected chi connectivity index (χ0v) is 16.5. The first-order valence-corrected chi connectivity index (χ1v) is 11.0. The fraction of sp³-hybridized carbons (Fsp3) is 0.333. The summed E-state index contributed by atoms with van der Waals surface area (Å²) >= 11 is 0. The van der Waals surface area contributed by atoms with Gasteiger partial charge in [0.15, 0.2) is 5.78 Å². The number of nitrogens with zero attached hydrogens (tertiary/aromatic N) is 1. The molecule has 2 aliphatic rings. The summed E-state index contributed by atoms with van der Waals surface area (Å²) in [6.45, 7) is 0.872. The second kappa shape index (κ2) is 7.68. The fourth-order valence-corrected chi connectivity index (χ4v) is 5.18. The van der Waals surface area contributed by atoms with Crippen LogP contribution >= 0.6 is 0 Å². The number of rotatable bonds is 4. The van der Waals surface area contributed by atoms with Gasteiger partial charge in [0, 0.05) is 36.7 Å². The van der Waals surface area contributed by atoms with Crippen LogP contribution < -0.4 is 4.72 Å². The number of aryl methyl sites for hydroxylation is 1. The number of sulfonamides is 1. The molecule has 0 saturated carbocycles. The monoisotopic (exact) mass is 416 g/mol. The molecule has 0 spiro atoms. The van der Waals surface area contributed by atoms with E-state index in [2.05, 4.69) is 4.72 Å². The predicted molar refractivity (Wildman–Crippen MR) is 105 cm³/mol. The van der Waals surface area contributed by atoms with Crippen LogP contribution in [0, 0.1) is 5.82 Å². The van der Waals surface area contributed by atoms with Crippen molar-refractivity contribution in [1.29, 1.82) is 0 Å². The van der Waals surface area contributed by atoms with Crippen LogP contribution in [0.5, 0.6) is 0 Å². The molecule has 29 heavy (non-hydrogen) atoms. The molecular formula is C21H21FN2O4S. The highest BCUT2D eigenvalue weighted by Gasteiger charge is 2.28. The van der Waals surface area contributed by atoms with Gasteiger partial charge in [0.2, 0.25) is 10.0 Å². The van der Waals surface area contributed by atoms with E-state index in [1.807, 2.05) is 0 Å². The Kier molecular flexibility index (Phi) is 5.23. The van der Waals surface area contributed by atoms with Gasteiger partial charge in [0.05, 0.1) is 4.90 Å². The standard InChI is InChI=1S/C21H21FN2O4S/c22-16-3-5-18(6-4-16)29(27,28)23-17-9-11-24(12-10-17)21(26)15-1-7-19-14(13-15)2-8-20(19)25/h1,3-7,13,17,23H,2,8-12H2. The Morgan fingerprint density at radius 3 is 2.41 bits per heavy atom. The van der Waals surface area contributed by atoms with Crippen molar-refractivity contribution in [2.75, 3.05) is 13.1 Å². The van der Waals surface area contributed by atoms with Crippen LogP contribution in [0.15, 0.2) is 47.4 Å². The first kappa shape index (κ1) is 19.7. The van der Waals surface area contributed by atoms with E-state index in [-0.39, 0.29) is 22.6 Å². The van der Waals surface area contributed by atoms with Crippen LogP contribution in [0.2, 0.25) is 0 Å². The third-order valence-electron chi connectivity index (χ3n) is 5.50. The van der Waals surface area contributed by atoms with Crippen molar-refractivity contribution in [2.45, 2.75) is 36.6 Å². The average molecular weight is 416 g/mol. The minimum absolute atomic E-state index is 0.0186. The zero-order valence-electron chi connectivity index (χ0n) is 15.7. The molecule has 152 valence electrons. The largest absolute Gasteiger partial charge is 0.339 e. The SMILES string of the molecule is O=C1CCc2cc(C(=O)N3CCC(NS(=O)(=O)c4ccc(F)cc4)CC3)ccc21. The van der Waals surface area contributed by atoms with E-state index in [0.717, 1.165) is 17.7 Å². The van der Waals surface area contributed by atoms with E-state index >= 15 is 0 Å². The van der Waals surface area contributed by atoms with E-state index in [0.29, 0.717) is 49.9 Å². The molecule has 1 aliphatic carbocycles. The van der Waals surface area contributed by atoms with Gasteiger partial charge in [-0.25, -0.2) is 17.5 Å². The molecule has 0 bridgehead atoms. The molecule has 0 radical (unpaired) electrons. The maximum Gasteiger partial charge on any atom is 0.253 e. The number of ketones is 1. The lowest BCUT2D eigenvalue weighted by molar-refractivity contribution is 0.0711. The Bertz CT molecular complexity index is 1060. The molecule has 0 unspecified atom stereocenters. The van der Waals surface area contributed by atoms with Gasteiger partial charge in [-0.15, -0.1) is 0 Å². The van der Waals surface area contributed by atoms with Crippen LogP contribution in [0.25, 0.3) is 0 Å². The van der Waals surface area contributed by atoms with Gasteiger partial charge in [-0.05, 0) is 61.2 Å².